The minimum Gasteiger partial charge on any atom is -0.491 e. The van der Waals surface area contributed by atoms with Crippen LogP contribution in [0.3, 0.4) is 0 Å². The molecule has 0 aliphatic carbocycles. The van der Waals surface area contributed by atoms with Gasteiger partial charge in [-0.3, -0.25) is 29.9 Å². The molecule has 1 N–H and O–H groups in total. The van der Waals surface area contributed by atoms with Crippen LogP contribution in [0.5, 0.6) is 11.5 Å². The summed E-state index contributed by atoms with van der Waals surface area (Å²) in [6.07, 6.45) is 2.54. The van der Waals surface area contributed by atoms with E-state index >= 15 is 0 Å². The maximum atomic E-state index is 12.9. The number of nitrogens with zero attached hydrogens (tertiary/aromatic N) is 6. The molecule has 1 atom stereocenters. The number of benzene rings is 1. The molecule has 0 spiro atoms. The fourth-order valence-electron chi connectivity index (χ4n) is 4.47. The minimum atomic E-state index is -0.436. The molecule has 0 bridgehead atoms. The Bertz CT molecular complexity index is 1090. The molecule has 4 heterocycles. The van der Waals surface area contributed by atoms with Crippen LogP contribution in [0.1, 0.15) is 18.9 Å². The van der Waals surface area contributed by atoms with Gasteiger partial charge in [-0.05, 0) is 25.5 Å². The van der Waals surface area contributed by atoms with Crippen LogP contribution in [0.2, 0.25) is 0 Å². The van der Waals surface area contributed by atoms with Gasteiger partial charge in [-0.1, -0.05) is 0 Å². The average molecular weight is 482 g/mol. The average Bonchev–Trinajstić information content (AvgIpc) is 3.38. The van der Waals surface area contributed by atoms with Crippen molar-refractivity contribution in [2.75, 3.05) is 66.2 Å². The third-order valence-electron chi connectivity index (χ3n) is 6.36. The van der Waals surface area contributed by atoms with E-state index in [1.807, 2.05) is 24.0 Å². The van der Waals surface area contributed by atoms with Gasteiger partial charge >= 0.3 is 0 Å². The van der Waals surface area contributed by atoms with E-state index in [1.54, 1.807) is 13.3 Å². The molecule has 1 unspecified atom stereocenters. The number of rotatable bonds is 7. The number of carbonyl (C=O) groups excluding carboxylic acids is 1. The third-order valence-corrected chi connectivity index (χ3v) is 6.36. The van der Waals surface area contributed by atoms with E-state index in [9.17, 15) is 4.79 Å². The van der Waals surface area contributed by atoms with Crippen molar-refractivity contribution in [2.45, 2.75) is 13.3 Å². The second kappa shape index (κ2) is 10.5. The molecule has 1 aromatic rings. The van der Waals surface area contributed by atoms with Gasteiger partial charge in [-0.15, -0.1) is 0 Å². The Morgan fingerprint density at radius 2 is 2.09 bits per heavy atom. The molecule has 5 rings (SSSR count). The molecule has 11 heteroatoms. The fraction of sp³-hybridized carbons (Fsp3) is 0.542. The van der Waals surface area contributed by atoms with E-state index in [4.69, 9.17) is 19.2 Å². The first-order valence-electron chi connectivity index (χ1n) is 12.0. The lowest BCUT2D eigenvalue weighted by molar-refractivity contribution is -0.121. The summed E-state index contributed by atoms with van der Waals surface area (Å²) >= 11 is 0. The molecular weight excluding hydrogens is 450 g/mol. The Kier molecular flexibility index (Phi) is 7.05. The predicted molar refractivity (Wildman–Crippen MR) is 134 cm³/mol. The molecule has 0 aromatic heterocycles. The van der Waals surface area contributed by atoms with Gasteiger partial charge < -0.3 is 14.2 Å². The third kappa shape index (κ3) is 5.06. The van der Waals surface area contributed by atoms with Crippen LogP contribution in [-0.4, -0.2) is 106 Å². The van der Waals surface area contributed by atoms with E-state index in [1.165, 1.54) is 0 Å². The first kappa shape index (κ1) is 23.4. The van der Waals surface area contributed by atoms with E-state index < -0.39 is 5.92 Å². The molecule has 11 nitrogen and oxygen atoms in total. The highest BCUT2D eigenvalue weighted by Crippen LogP contribution is 2.43. The van der Waals surface area contributed by atoms with Crippen LogP contribution in [0.4, 0.5) is 5.69 Å². The van der Waals surface area contributed by atoms with Gasteiger partial charge in [0.05, 0.1) is 45.9 Å². The van der Waals surface area contributed by atoms with Gasteiger partial charge in [0.25, 0.3) is 0 Å². The molecule has 1 saturated heterocycles. The number of methoxy groups -OCH3 is 1. The number of aliphatic imine (C=N–C) groups is 4. The van der Waals surface area contributed by atoms with Crippen molar-refractivity contribution in [3.8, 4) is 11.5 Å². The molecule has 1 fully saturated rings. The van der Waals surface area contributed by atoms with Gasteiger partial charge in [0, 0.05) is 38.0 Å². The largest absolute Gasteiger partial charge is 0.491 e. The number of morpholine rings is 1. The summed E-state index contributed by atoms with van der Waals surface area (Å²) in [7, 11) is 1.60. The number of nitrogens with one attached hydrogen (secondary N) is 1. The van der Waals surface area contributed by atoms with Crippen molar-refractivity contribution in [3.05, 3.63) is 17.7 Å². The number of amidine groups is 2. The van der Waals surface area contributed by atoms with Crippen molar-refractivity contribution < 1.29 is 19.0 Å². The molecular formula is C24H31N7O4. The summed E-state index contributed by atoms with van der Waals surface area (Å²) in [6, 6.07) is 3.86. The lowest BCUT2D eigenvalue weighted by Crippen LogP contribution is -2.50. The zero-order chi connectivity index (χ0) is 24.2. The summed E-state index contributed by atoms with van der Waals surface area (Å²) in [5.74, 6) is 2.40. The normalized spacial score (nSPS) is 21.5. The summed E-state index contributed by atoms with van der Waals surface area (Å²) in [6.45, 7) is 8.48. The SMILES string of the molecule is COc1c(OCCCN2CCOCC2)ccc2c1N=C(NC(=O)C1C=NC(C)=NC1)N1CCN=C21. The van der Waals surface area contributed by atoms with Crippen LogP contribution < -0.4 is 14.8 Å². The second-order valence-corrected chi connectivity index (χ2v) is 8.70. The summed E-state index contributed by atoms with van der Waals surface area (Å²) in [5.41, 5.74) is 1.47. The van der Waals surface area contributed by atoms with Crippen LogP contribution in [-0.2, 0) is 9.53 Å². The Hall–Kier alpha value is -3.31. The van der Waals surface area contributed by atoms with Gasteiger partial charge in [0.1, 0.15) is 17.4 Å². The van der Waals surface area contributed by atoms with Crippen LogP contribution >= 0.6 is 0 Å². The Balaban J connectivity index is 1.32. The van der Waals surface area contributed by atoms with Gasteiger partial charge in [0.15, 0.2) is 11.5 Å². The molecule has 1 amide bonds. The number of guanidine groups is 1. The van der Waals surface area contributed by atoms with E-state index in [-0.39, 0.29) is 5.91 Å². The van der Waals surface area contributed by atoms with Crippen molar-refractivity contribution in [1.82, 2.24) is 15.1 Å². The molecule has 0 saturated carbocycles. The summed E-state index contributed by atoms with van der Waals surface area (Å²) in [5, 5.41) is 2.96. The molecule has 186 valence electrons. The first-order chi connectivity index (χ1) is 17.1. The Morgan fingerprint density at radius 1 is 1.23 bits per heavy atom. The molecule has 0 radical (unpaired) electrons. The quantitative estimate of drug-likeness (QED) is 0.584. The second-order valence-electron chi connectivity index (χ2n) is 8.70. The Morgan fingerprint density at radius 3 is 2.86 bits per heavy atom. The molecule has 1 aromatic carbocycles. The van der Waals surface area contributed by atoms with Crippen molar-refractivity contribution in [3.63, 3.8) is 0 Å². The van der Waals surface area contributed by atoms with Crippen molar-refractivity contribution >= 4 is 35.4 Å². The van der Waals surface area contributed by atoms with E-state index in [0.29, 0.717) is 55.2 Å². The monoisotopic (exact) mass is 481 g/mol. The maximum absolute atomic E-state index is 12.9. The summed E-state index contributed by atoms with van der Waals surface area (Å²) < 4.78 is 17.2. The highest BCUT2D eigenvalue weighted by molar-refractivity contribution is 6.19. The topological polar surface area (TPSA) is 113 Å². The zero-order valence-electron chi connectivity index (χ0n) is 20.2. The van der Waals surface area contributed by atoms with Gasteiger partial charge in [-0.2, -0.15) is 0 Å². The standard InChI is InChI=1S/C24H31N7O4/c1-16-26-14-17(15-27-16)23(32)29-24-28-20-18(22-25-6-8-31(22)24)4-5-19(21(20)33-2)35-11-3-7-30-9-12-34-13-10-30/h4-5,14,17H,3,6-13,15H2,1-2H3,(H,28,29,32). The number of carbonyl (C=O) groups is 1. The number of ether oxygens (including phenoxy) is 3. The Labute approximate surface area is 204 Å². The van der Waals surface area contributed by atoms with Crippen LogP contribution in [0.25, 0.3) is 0 Å². The highest BCUT2D eigenvalue weighted by Gasteiger charge is 2.34. The first-order valence-corrected chi connectivity index (χ1v) is 12.0. The highest BCUT2D eigenvalue weighted by atomic mass is 16.5. The van der Waals surface area contributed by atoms with Crippen LogP contribution in [0.15, 0.2) is 32.1 Å². The van der Waals surface area contributed by atoms with Crippen molar-refractivity contribution in [1.29, 1.82) is 0 Å². The van der Waals surface area contributed by atoms with Gasteiger partial charge in [0.2, 0.25) is 11.9 Å². The van der Waals surface area contributed by atoms with Crippen LogP contribution in [0, 0.1) is 5.92 Å². The fourth-order valence-corrected chi connectivity index (χ4v) is 4.47. The number of hydrogen-bond donors (Lipinski definition) is 1. The number of amides is 1. The predicted octanol–water partition coefficient (Wildman–Crippen LogP) is 1.09. The van der Waals surface area contributed by atoms with Crippen molar-refractivity contribution in [2.24, 2.45) is 25.9 Å². The van der Waals surface area contributed by atoms with E-state index in [2.05, 4.69) is 25.2 Å². The zero-order valence-corrected chi connectivity index (χ0v) is 20.2. The van der Waals surface area contributed by atoms with Gasteiger partial charge in [-0.25, -0.2) is 9.98 Å². The lowest BCUT2D eigenvalue weighted by atomic mass is 10.1. The number of hydrogen-bond acceptors (Lipinski definition) is 10. The molecule has 35 heavy (non-hydrogen) atoms. The number of fused-ring (bicyclic) bond motifs is 3. The lowest BCUT2D eigenvalue weighted by Gasteiger charge is -2.29. The van der Waals surface area contributed by atoms with E-state index in [0.717, 1.165) is 50.7 Å². The molecule has 4 aliphatic heterocycles. The summed E-state index contributed by atoms with van der Waals surface area (Å²) in [4.78, 5) is 35.1. The smallest absolute Gasteiger partial charge is 0.237 e. The maximum Gasteiger partial charge on any atom is 0.237 e. The molecule has 4 aliphatic rings. The minimum absolute atomic E-state index is 0.201.